The number of carbonyl (C=O) groups excluding carboxylic acids is 2. The first-order valence-electron chi connectivity index (χ1n) is 15.2. The number of aliphatic hydroxyl groups is 1. The molecule has 1 saturated heterocycles. The van der Waals surface area contributed by atoms with Gasteiger partial charge in [0.25, 0.3) is 0 Å². The first kappa shape index (κ1) is 34.3. The van der Waals surface area contributed by atoms with Gasteiger partial charge < -0.3 is 19.7 Å². The average molecular weight is 658 g/mol. The van der Waals surface area contributed by atoms with Crippen molar-refractivity contribution in [3.8, 4) is 11.5 Å². The van der Waals surface area contributed by atoms with Gasteiger partial charge in [0.1, 0.15) is 29.2 Å². The highest BCUT2D eigenvalue weighted by Crippen LogP contribution is 2.52. The Kier molecular flexibility index (Phi) is 11.8. The number of fused-ring (bicyclic) bond motifs is 1. The molecule has 1 aliphatic carbocycles. The molecule has 238 valence electrons. The number of hydrogen-bond donors (Lipinski definition) is 2. The van der Waals surface area contributed by atoms with Gasteiger partial charge in [-0.15, -0.1) is 11.8 Å². The normalized spacial score (nSPS) is 23.4. The molecule has 1 aromatic carbocycles. The number of aromatic hydroxyl groups is 1. The van der Waals surface area contributed by atoms with Gasteiger partial charge in [0.2, 0.25) is 10.3 Å². The van der Waals surface area contributed by atoms with Crippen molar-refractivity contribution in [2.75, 3.05) is 12.4 Å². The van der Waals surface area contributed by atoms with Crippen LogP contribution in [0.5, 0.6) is 11.5 Å². The fraction of sp³-hybridized carbons (Fsp3) is 0.500. The van der Waals surface area contributed by atoms with Crippen LogP contribution >= 0.6 is 35.7 Å². The smallest absolute Gasteiger partial charge is 0.356 e. The van der Waals surface area contributed by atoms with Crippen molar-refractivity contribution in [1.29, 1.82) is 0 Å². The van der Waals surface area contributed by atoms with Gasteiger partial charge in [0.05, 0.1) is 12.0 Å². The first-order valence-corrected chi connectivity index (χ1v) is 17.5. The molecule has 7 nitrogen and oxygen atoms in total. The van der Waals surface area contributed by atoms with E-state index in [0.717, 1.165) is 49.7 Å². The number of esters is 1. The molecule has 0 radical (unpaired) electrons. The van der Waals surface area contributed by atoms with Crippen LogP contribution in [0, 0.1) is 11.8 Å². The number of allylic oxidation sites excluding steroid dienone is 3. The summed E-state index contributed by atoms with van der Waals surface area (Å²) < 4.78 is 11.9. The van der Waals surface area contributed by atoms with E-state index in [0.29, 0.717) is 16.2 Å². The van der Waals surface area contributed by atoms with E-state index < -0.39 is 18.0 Å². The van der Waals surface area contributed by atoms with Gasteiger partial charge in [-0.2, -0.15) is 0 Å². The molecule has 0 saturated carbocycles. The Balaban J connectivity index is 1.60. The Bertz CT molecular complexity index is 1380. The number of phenols is 1. The number of hydrogen-bond acceptors (Lipinski definition) is 9. The summed E-state index contributed by atoms with van der Waals surface area (Å²) in [6, 6.07) is 3.84. The van der Waals surface area contributed by atoms with Crippen molar-refractivity contribution >= 4 is 52.0 Å². The number of amides is 1. The molecule has 10 heteroatoms. The third-order valence-corrected chi connectivity index (χ3v) is 11.1. The van der Waals surface area contributed by atoms with Crippen LogP contribution in [0.1, 0.15) is 76.8 Å². The molecule has 2 heterocycles. The highest BCUT2D eigenvalue weighted by Gasteiger charge is 2.57. The van der Waals surface area contributed by atoms with Gasteiger partial charge in [-0.3, -0.25) is 9.69 Å². The Morgan fingerprint density at radius 2 is 2.09 bits per heavy atom. The van der Waals surface area contributed by atoms with E-state index in [2.05, 4.69) is 33.1 Å². The second kappa shape index (κ2) is 15.2. The molecule has 44 heavy (non-hydrogen) atoms. The quantitative estimate of drug-likeness (QED) is 0.0740. The van der Waals surface area contributed by atoms with Crippen LogP contribution in [-0.2, 0) is 20.7 Å². The number of unbranched alkanes of at least 4 members (excludes halogenated alkanes) is 2. The second-order valence-corrected chi connectivity index (χ2v) is 14.6. The molecule has 3 aliphatic rings. The number of nitrogens with zero attached hydrogens (tertiary/aromatic N) is 1. The lowest BCUT2D eigenvalue weighted by molar-refractivity contribution is -0.157. The molecular weight excluding hydrogens is 615 g/mol. The molecule has 0 bridgehead atoms. The van der Waals surface area contributed by atoms with Gasteiger partial charge >= 0.3 is 5.97 Å². The van der Waals surface area contributed by atoms with Gasteiger partial charge in [-0.1, -0.05) is 68.0 Å². The van der Waals surface area contributed by atoms with Crippen LogP contribution in [0.3, 0.4) is 0 Å². The van der Waals surface area contributed by atoms with Crippen molar-refractivity contribution in [1.82, 2.24) is 4.90 Å². The summed E-state index contributed by atoms with van der Waals surface area (Å²) in [4.78, 5) is 27.9. The highest BCUT2D eigenvalue weighted by atomic mass is 32.2. The number of ether oxygens (including phenoxy) is 2. The summed E-state index contributed by atoms with van der Waals surface area (Å²) in [6.07, 6.45) is 8.77. The Labute approximate surface area is 274 Å². The molecule has 5 atom stereocenters. The zero-order valence-electron chi connectivity index (χ0n) is 26.0. The number of aliphatic hydroxyl groups excluding tert-OH is 1. The van der Waals surface area contributed by atoms with E-state index in [-0.39, 0.29) is 51.3 Å². The Morgan fingerprint density at radius 3 is 2.75 bits per heavy atom. The van der Waals surface area contributed by atoms with E-state index in [9.17, 15) is 19.8 Å². The van der Waals surface area contributed by atoms with Gasteiger partial charge in [0, 0.05) is 22.1 Å². The zero-order valence-corrected chi connectivity index (χ0v) is 28.4. The summed E-state index contributed by atoms with van der Waals surface area (Å²) >= 11 is 8.32. The predicted octanol–water partition coefficient (Wildman–Crippen LogP) is 7.39. The summed E-state index contributed by atoms with van der Waals surface area (Å²) in [7, 11) is 0. The SMILES string of the molecule is C=CCOC(=O)C1=C(CSC(=S)Oc2cc(CCCCC)cc(O)c2[C@@H]2C=C(C)CC[C@H]2C(=C)C)S[C@@H]2[C@@H]([C@@H](C)O)C(=O)N12. The van der Waals surface area contributed by atoms with E-state index in [1.165, 1.54) is 40.1 Å². The molecule has 1 fully saturated rings. The number of phenolic OH excluding ortho intramolecular Hbond substituents is 1. The third kappa shape index (κ3) is 7.46. The second-order valence-electron chi connectivity index (χ2n) is 11.8. The maximum atomic E-state index is 13.0. The van der Waals surface area contributed by atoms with Crippen LogP contribution < -0.4 is 4.74 Å². The molecular formula is C34H43NO6S3. The van der Waals surface area contributed by atoms with Crippen LogP contribution in [0.4, 0.5) is 0 Å². The lowest BCUT2D eigenvalue weighted by atomic mass is 9.73. The standard InChI is InChI=1S/C34H43NO6S3/c1-7-9-10-11-22-16-25(37)29(24-15-20(5)12-13-23(24)19(3)4)26(17-22)41-34(42)43-18-27-30(33(39)40-14-8-2)35-31(38)28(21(6)36)32(35)44-27/h8,15-17,21,23-24,28,32,36-37H,2-3,7,9-14,18H2,1,4-6H3/t21-,23+,24-,28+,32-/m1/s1. The minimum atomic E-state index is -0.839. The number of thioether (sulfide) groups is 2. The number of thiocarbonyl (C=S) groups is 1. The molecule has 1 aromatic rings. The van der Waals surface area contributed by atoms with Crippen molar-refractivity contribution in [3.63, 3.8) is 0 Å². The summed E-state index contributed by atoms with van der Waals surface area (Å²) in [5, 5.41) is 21.2. The topological polar surface area (TPSA) is 96.3 Å². The third-order valence-electron chi connectivity index (χ3n) is 8.37. The predicted molar refractivity (Wildman–Crippen MR) is 183 cm³/mol. The van der Waals surface area contributed by atoms with Gasteiger partial charge in [0.15, 0.2) is 0 Å². The highest BCUT2D eigenvalue weighted by molar-refractivity contribution is 8.23. The fourth-order valence-corrected chi connectivity index (χ4v) is 8.75. The average Bonchev–Trinajstić information content (AvgIpc) is 3.28. The Hall–Kier alpha value is -2.53. The number of aryl methyl sites for hydroxylation is 1. The molecule has 2 N–H and O–H groups in total. The minimum Gasteiger partial charge on any atom is -0.507 e. The van der Waals surface area contributed by atoms with Crippen molar-refractivity contribution in [2.45, 2.75) is 83.6 Å². The maximum Gasteiger partial charge on any atom is 0.356 e. The van der Waals surface area contributed by atoms with Crippen molar-refractivity contribution in [2.24, 2.45) is 11.8 Å². The van der Waals surface area contributed by atoms with E-state index >= 15 is 0 Å². The van der Waals surface area contributed by atoms with Crippen LogP contribution in [0.15, 0.2) is 59.2 Å². The minimum absolute atomic E-state index is 0.0165. The summed E-state index contributed by atoms with van der Waals surface area (Å²) in [5.41, 5.74) is 4.19. The van der Waals surface area contributed by atoms with Crippen LogP contribution in [0.25, 0.3) is 0 Å². The van der Waals surface area contributed by atoms with E-state index in [4.69, 9.17) is 21.7 Å². The summed E-state index contributed by atoms with van der Waals surface area (Å²) in [5.74, 6) is -0.445. The molecule has 0 spiro atoms. The zero-order chi connectivity index (χ0) is 32.1. The number of benzene rings is 1. The molecule has 4 rings (SSSR count). The van der Waals surface area contributed by atoms with Crippen LogP contribution in [0.2, 0.25) is 0 Å². The molecule has 2 aliphatic heterocycles. The largest absolute Gasteiger partial charge is 0.507 e. The maximum absolute atomic E-state index is 13.0. The molecule has 0 aromatic heterocycles. The van der Waals surface area contributed by atoms with Crippen molar-refractivity contribution < 1.29 is 29.3 Å². The first-order chi connectivity index (χ1) is 21.0. The van der Waals surface area contributed by atoms with E-state index in [1.54, 1.807) is 6.92 Å². The van der Waals surface area contributed by atoms with Crippen molar-refractivity contribution in [3.05, 3.63) is 70.3 Å². The molecule has 1 amide bonds. The van der Waals surface area contributed by atoms with E-state index in [1.807, 2.05) is 19.1 Å². The monoisotopic (exact) mass is 657 g/mol. The fourth-order valence-electron chi connectivity index (χ4n) is 6.11. The lowest BCUT2D eigenvalue weighted by Gasteiger charge is -2.43. The summed E-state index contributed by atoms with van der Waals surface area (Å²) in [6.45, 7) is 15.7. The number of rotatable bonds is 13. The van der Waals surface area contributed by atoms with Gasteiger partial charge in [-0.25, -0.2) is 4.79 Å². The van der Waals surface area contributed by atoms with Crippen LogP contribution in [-0.4, -0.2) is 55.2 Å². The molecule has 0 unspecified atom stereocenters. The lowest BCUT2D eigenvalue weighted by Crippen LogP contribution is -2.60. The number of β-lactam (4-membered cyclic amide) rings is 1. The number of carbonyl (C=O) groups is 2. The Morgan fingerprint density at radius 1 is 1.34 bits per heavy atom. The van der Waals surface area contributed by atoms with Gasteiger partial charge in [-0.05, 0) is 82.3 Å².